The summed E-state index contributed by atoms with van der Waals surface area (Å²) in [5.41, 5.74) is 2.63. The molecular weight excluding hydrogens is 470 g/mol. The number of unbranched alkanes of at least 4 members (excludes halogenated alkanes) is 1. The van der Waals surface area contributed by atoms with E-state index in [0.717, 1.165) is 31.2 Å². The molecule has 1 aliphatic carbocycles. The van der Waals surface area contributed by atoms with Crippen LogP contribution >= 0.6 is 0 Å². The molecule has 1 aliphatic rings. The van der Waals surface area contributed by atoms with Crippen molar-refractivity contribution in [2.24, 2.45) is 5.92 Å². The summed E-state index contributed by atoms with van der Waals surface area (Å²) in [5.74, 6) is 1.85. The number of carbonyl (C=O) groups excluding carboxylic acids is 2. The standard InChI is InChI=1S/C28H29N5O4/c1-3-4-14-36-21-7-5-6-20(15-21)28(35)29-23-16-22(11-8-18(23)2)37-26-13-12-25-30-24(17-33(25)32-26)31-27(34)19-9-10-19/h5-8,11-13,15-17,19H,3-4,9-10,14H2,1-2H3,(H,29,35)(H,31,34). The summed E-state index contributed by atoms with van der Waals surface area (Å²) in [6.45, 7) is 4.64. The summed E-state index contributed by atoms with van der Waals surface area (Å²) in [7, 11) is 0. The van der Waals surface area contributed by atoms with Gasteiger partial charge in [0.1, 0.15) is 11.5 Å². The van der Waals surface area contributed by atoms with Crippen molar-refractivity contribution in [3.63, 3.8) is 0 Å². The highest BCUT2D eigenvalue weighted by atomic mass is 16.5. The lowest BCUT2D eigenvalue weighted by atomic mass is 10.1. The zero-order chi connectivity index (χ0) is 25.8. The van der Waals surface area contributed by atoms with E-state index >= 15 is 0 Å². The third-order valence-electron chi connectivity index (χ3n) is 6.04. The van der Waals surface area contributed by atoms with Crippen LogP contribution in [0.5, 0.6) is 17.4 Å². The largest absolute Gasteiger partial charge is 0.494 e. The number of carbonyl (C=O) groups is 2. The first-order valence-electron chi connectivity index (χ1n) is 12.5. The highest BCUT2D eigenvalue weighted by Crippen LogP contribution is 2.30. The van der Waals surface area contributed by atoms with E-state index < -0.39 is 0 Å². The molecule has 1 fully saturated rings. The molecule has 0 radical (unpaired) electrons. The second kappa shape index (κ2) is 10.7. The Morgan fingerprint density at radius 2 is 1.92 bits per heavy atom. The van der Waals surface area contributed by atoms with Crippen LogP contribution in [-0.4, -0.2) is 33.0 Å². The quantitative estimate of drug-likeness (QED) is 0.275. The van der Waals surface area contributed by atoms with E-state index in [0.29, 0.717) is 46.7 Å². The van der Waals surface area contributed by atoms with Gasteiger partial charge < -0.3 is 20.1 Å². The zero-order valence-electron chi connectivity index (χ0n) is 20.9. The molecular formula is C28H29N5O4. The summed E-state index contributed by atoms with van der Waals surface area (Å²) in [6, 6.07) is 16.1. The number of aryl methyl sites for hydroxylation is 1. The topological polar surface area (TPSA) is 107 Å². The number of aromatic nitrogens is 3. The molecule has 2 amide bonds. The van der Waals surface area contributed by atoms with Gasteiger partial charge in [0.05, 0.1) is 12.8 Å². The maximum atomic E-state index is 12.9. The van der Waals surface area contributed by atoms with E-state index in [-0.39, 0.29) is 17.7 Å². The SMILES string of the molecule is CCCCOc1cccc(C(=O)Nc2cc(Oc3ccc4nc(NC(=O)C5CC5)cn4n3)ccc2C)c1. The smallest absolute Gasteiger partial charge is 0.255 e. The van der Waals surface area contributed by atoms with E-state index in [1.807, 2.05) is 31.2 Å². The number of imidazole rings is 1. The molecule has 2 aromatic carbocycles. The van der Waals surface area contributed by atoms with Gasteiger partial charge in [-0.15, -0.1) is 5.10 Å². The van der Waals surface area contributed by atoms with Crippen LogP contribution in [0.25, 0.3) is 5.65 Å². The average molecular weight is 500 g/mol. The third-order valence-corrected chi connectivity index (χ3v) is 6.04. The monoisotopic (exact) mass is 499 g/mol. The number of amides is 2. The Balaban J connectivity index is 1.27. The zero-order valence-corrected chi connectivity index (χ0v) is 20.9. The Morgan fingerprint density at radius 3 is 2.73 bits per heavy atom. The lowest BCUT2D eigenvalue weighted by molar-refractivity contribution is -0.117. The summed E-state index contributed by atoms with van der Waals surface area (Å²) < 4.78 is 13.3. The highest BCUT2D eigenvalue weighted by Gasteiger charge is 2.30. The molecule has 2 aromatic heterocycles. The summed E-state index contributed by atoms with van der Waals surface area (Å²) in [6.07, 6.45) is 5.51. The number of nitrogens with zero attached hydrogens (tertiary/aromatic N) is 3. The number of nitrogens with one attached hydrogen (secondary N) is 2. The van der Waals surface area contributed by atoms with Crippen LogP contribution < -0.4 is 20.1 Å². The average Bonchev–Trinajstić information content (AvgIpc) is 3.67. The molecule has 0 bridgehead atoms. The van der Waals surface area contributed by atoms with Crippen LogP contribution in [0, 0.1) is 12.8 Å². The molecule has 0 spiro atoms. The van der Waals surface area contributed by atoms with Crippen LogP contribution in [0.15, 0.2) is 60.8 Å². The van der Waals surface area contributed by atoms with Gasteiger partial charge in [-0.3, -0.25) is 9.59 Å². The van der Waals surface area contributed by atoms with Crippen molar-refractivity contribution >= 4 is 29.0 Å². The van der Waals surface area contributed by atoms with E-state index in [2.05, 4.69) is 27.6 Å². The summed E-state index contributed by atoms with van der Waals surface area (Å²) in [5, 5.41) is 10.2. The van der Waals surface area contributed by atoms with Gasteiger partial charge in [-0.2, -0.15) is 0 Å². The minimum atomic E-state index is -0.236. The van der Waals surface area contributed by atoms with Gasteiger partial charge in [-0.25, -0.2) is 9.50 Å². The van der Waals surface area contributed by atoms with Crippen LogP contribution in [0.2, 0.25) is 0 Å². The Labute approximate surface area is 214 Å². The molecule has 2 N–H and O–H groups in total. The fraction of sp³-hybridized carbons (Fsp3) is 0.286. The summed E-state index contributed by atoms with van der Waals surface area (Å²) in [4.78, 5) is 29.3. The van der Waals surface area contributed by atoms with Crippen LogP contribution in [0.4, 0.5) is 11.5 Å². The molecule has 0 atom stereocenters. The van der Waals surface area contributed by atoms with Crippen LogP contribution in [-0.2, 0) is 4.79 Å². The van der Waals surface area contributed by atoms with Gasteiger partial charge in [0.2, 0.25) is 11.8 Å². The Bertz CT molecular complexity index is 1440. The van der Waals surface area contributed by atoms with Gasteiger partial charge >= 0.3 is 0 Å². The minimum Gasteiger partial charge on any atom is -0.494 e. The lowest BCUT2D eigenvalue weighted by Gasteiger charge is -2.12. The van der Waals surface area contributed by atoms with E-state index in [1.165, 1.54) is 0 Å². The van der Waals surface area contributed by atoms with Crippen molar-refractivity contribution in [3.05, 3.63) is 71.9 Å². The van der Waals surface area contributed by atoms with Gasteiger partial charge in [0, 0.05) is 29.3 Å². The Kier molecular flexibility index (Phi) is 7.02. The lowest BCUT2D eigenvalue weighted by Crippen LogP contribution is -2.13. The molecule has 0 aliphatic heterocycles. The van der Waals surface area contributed by atoms with Crippen molar-refractivity contribution in [2.75, 3.05) is 17.2 Å². The van der Waals surface area contributed by atoms with Gasteiger partial charge in [-0.05, 0) is 62.1 Å². The first-order chi connectivity index (χ1) is 18.0. The molecule has 190 valence electrons. The van der Waals surface area contributed by atoms with Crippen molar-refractivity contribution in [2.45, 2.75) is 39.5 Å². The molecule has 37 heavy (non-hydrogen) atoms. The Morgan fingerprint density at radius 1 is 1.05 bits per heavy atom. The Hall–Kier alpha value is -4.40. The van der Waals surface area contributed by atoms with E-state index in [9.17, 15) is 9.59 Å². The van der Waals surface area contributed by atoms with Gasteiger partial charge in [0.15, 0.2) is 11.5 Å². The second-order valence-corrected chi connectivity index (χ2v) is 9.13. The molecule has 4 aromatic rings. The number of anilines is 2. The first-order valence-corrected chi connectivity index (χ1v) is 12.5. The predicted octanol–water partition coefficient (Wildman–Crippen LogP) is 5.61. The van der Waals surface area contributed by atoms with Gasteiger partial charge in [-0.1, -0.05) is 25.5 Å². The molecule has 5 rings (SSSR count). The number of rotatable bonds is 10. The van der Waals surface area contributed by atoms with Crippen LogP contribution in [0.1, 0.15) is 48.5 Å². The van der Waals surface area contributed by atoms with Crippen molar-refractivity contribution < 1.29 is 19.1 Å². The number of ether oxygens (including phenoxy) is 2. The maximum absolute atomic E-state index is 12.9. The van der Waals surface area contributed by atoms with Crippen molar-refractivity contribution in [3.8, 4) is 17.4 Å². The molecule has 2 heterocycles. The second-order valence-electron chi connectivity index (χ2n) is 9.13. The highest BCUT2D eigenvalue weighted by molar-refractivity contribution is 6.05. The molecule has 9 nitrogen and oxygen atoms in total. The van der Waals surface area contributed by atoms with Crippen molar-refractivity contribution in [1.29, 1.82) is 0 Å². The molecule has 0 unspecified atom stereocenters. The van der Waals surface area contributed by atoms with Gasteiger partial charge in [0.25, 0.3) is 5.91 Å². The number of benzene rings is 2. The molecule has 9 heteroatoms. The minimum absolute atomic E-state index is 0.00939. The maximum Gasteiger partial charge on any atom is 0.255 e. The summed E-state index contributed by atoms with van der Waals surface area (Å²) >= 11 is 0. The van der Waals surface area contributed by atoms with E-state index in [4.69, 9.17) is 9.47 Å². The van der Waals surface area contributed by atoms with E-state index in [1.54, 1.807) is 41.0 Å². The molecule has 1 saturated carbocycles. The normalized spacial score (nSPS) is 12.8. The van der Waals surface area contributed by atoms with Crippen molar-refractivity contribution in [1.82, 2.24) is 14.6 Å². The third kappa shape index (κ3) is 6.06. The fourth-order valence-corrected chi connectivity index (χ4v) is 3.73. The first kappa shape index (κ1) is 24.3. The fourth-order valence-electron chi connectivity index (χ4n) is 3.73. The number of hydrogen-bond acceptors (Lipinski definition) is 6. The van der Waals surface area contributed by atoms with Crippen LogP contribution in [0.3, 0.4) is 0 Å². The number of fused-ring (bicyclic) bond motifs is 1. The molecule has 0 saturated heterocycles. The number of hydrogen-bond donors (Lipinski definition) is 2. The predicted molar refractivity (Wildman–Crippen MR) is 140 cm³/mol.